The summed E-state index contributed by atoms with van der Waals surface area (Å²) < 4.78 is 23.7. The lowest BCUT2D eigenvalue weighted by Crippen LogP contribution is -2.31. The molecule has 0 amide bonds. The lowest BCUT2D eigenvalue weighted by Gasteiger charge is -2.04. The van der Waals surface area contributed by atoms with Crippen LogP contribution in [0.3, 0.4) is 0 Å². The van der Waals surface area contributed by atoms with E-state index >= 15 is 0 Å². The van der Waals surface area contributed by atoms with Gasteiger partial charge < -0.3 is 5.32 Å². The normalized spacial score (nSPS) is 17.6. The second kappa shape index (κ2) is 4.93. The van der Waals surface area contributed by atoms with Gasteiger partial charge in [0.15, 0.2) is 0 Å². The molecule has 1 fully saturated rings. The first-order chi connectivity index (χ1) is 6.08. The summed E-state index contributed by atoms with van der Waals surface area (Å²) in [6.45, 7) is 2.22. The zero-order chi connectivity index (χ0) is 9.73. The van der Waals surface area contributed by atoms with Gasteiger partial charge in [0, 0.05) is 13.1 Å². The van der Waals surface area contributed by atoms with Crippen molar-refractivity contribution in [3.05, 3.63) is 0 Å². The first-order valence-corrected chi connectivity index (χ1v) is 6.62. The van der Waals surface area contributed by atoms with Gasteiger partial charge in [0.1, 0.15) is 0 Å². The van der Waals surface area contributed by atoms with Crippen molar-refractivity contribution in [1.82, 2.24) is 10.0 Å². The molecule has 0 heterocycles. The molecule has 1 aliphatic carbocycles. The minimum atomic E-state index is -3.01. The highest BCUT2D eigenvalue weighted by atomic mass is 32.2. The zero-order valence-corrected chi connectivity index (χ0v) is 8.86. The molecule has 0 aromatic carbocycles. The van der Waals surface area contributed by atoms with Gasteiger partial charge in [-0.05, 0) is 18.9 Å². The van der Waals surface area contributed by atoms with Crippen LogP contribution in [0, 0.1) is 5.92 Å². The highest BCUT2D eigenvalue weighted by molar-refractivity contribution is 7.88. The molecule has 0 saturated heterocycles. The molecule has 0 radical (unpaired) electrons. The molecule has 0 spiro atoms. The third-order valence-corrected chi connectivity index (χ3v) is 2.82. The van der Waals surface area contributed by atoms with Crippen LogP contribution in [-0.2, 0) is 10.0 Å². The zero-order valence-electron chi connectivity index (χ0n) is 8.04. The fourth-order valence-corrected chi connectivity index (χ4v) is 1.64. The summed E-state index contributed by atoms with van der Waals surface area (Å²) >= 11 is 0. The highest BCUT2D eigenvalue weighted by Gasteiger charge is 2.19. The lowest BCUT2D eigenvalue weighted by molar-refractivity contribution is 0.574. The van der Waals surface area contributed by atoms with Crippen molar-refractivity contribution < 1.29 is 8.42 Å². The van der Waals surface area contributed by atoms with E-state index in [1.165, 1.54) is 25.5 Å². The highest BCUT2D eigenvalue weighted by Crippen LogP contribution is 2.31. The van der Waals surface area contributed by atoms with E-state index < -0.39 is 10.0 Å². The lowest BCUT2D eigenvalue weighted by atomic mass is 10.3. The van der Waals surface area contributed by atoms with Crippen LogP contribution in [0.1, 0.15) is 19.3 Å². The molecule has 1 rings (SSSR count). The first-order valence-electron chi connectivity index (χ1n) is 4.73. The van der Waals surface area contributed by atoms with E-state index in [9.17, 15) is 8.42 Å². The fraction of sp³-hybridized carbons (Fsp3) is 1.00. The first kappa shape index (κ1) is 10.9. The SMILES string of the molecule is CS(=O)(=O)NCCNCCC1CC1. The number of hydrogen-bond acceptors (Lipinski definition) is 3. The maximum absolute atomic E-state index is 10.6. The molecule has 0 unspecified atom stereocenters. The fourth-order valence-electron chi connectivity index (χ4n) is 1.16. The molecule has 1 aliphatic rings. The Morgan fingerprint density at radius 1 is 1.23 bits per heavy atom. The quantitative estimate of drug-likeness (QED) is 0.573. The third-order valence-electron chi connectivity index (χ3n) is 2.09. The van der Waals surface area contributed by atoms with Gasteiger partial charge in [-0.2, -0.15) is 0 Å². The van der Waals surface area contributed by atoms with Crippen LogP contribution in [0.25, 0.3) is 0 Å². The summed E-state index contributed by atoms with van der Waals surface area (Å²) in [6.07, 6.45) is 5.17. The Labute approximate surface area is 80.1 Å². The molecule has 4 nitrogen and oxygen atoms in total. The van der Waals surface area contributed by atoms with Crippen molar-refractivity contribution in [2.45, 2.75) is 19.3 Å². The Kier molecular flexibility index (Phi) is 4.15. The van der Waals surface area contributed by atoms with E-state index in [4.69, 9.17) is 0 Å². The van der Waals surface area contributed by atoms with Crippen LogP contribution in [0.2, 0.25) is 0 Å². The Bertz CT molecular complexity index is 235. The summed E-state index contributed by atoms with van der Waals surface area (Å²) in [5.41, 5.74) is 0. The van der Waals surface area contributed by atoms with Gasteiger partial charge in [0.25, 0.3) is 0 Å². The maximum atomic E-state index is 10.6. The Morgan fingerprint density at radius 2 is 1.92 bits per heavy atom. The van der Waals surface area contributed by atoms with Crippen LogP contribution in [-0.4, -0.2) is 34.3 Å². The summed E-state index contributed by atoms with van der Waals surface area (Å²) in [5.74, 6) is 0.940. The van der Waals surface area contributed by atoms with Crippen LogP contribution < -0.4 is 10.0 Å². The van der Waals surface area contributed by atoms with Crippen molar-refractivity contribution in [3.63, 3.8) is 0 Å². The number of hydrogen-bond donors (Lipinski definition) is 2. The van der Waals surface area contributed by atoms with Gasteiger partial charge >= 0.3 is 0 Å². The van der Waals surface area contributed by atoms with Crippen molar-refractivity contribution in [2.75, 3.05) is 25.9 Å². The molecule has 0 aromatic rings. The van der Waals surface area contributed by atoms with Crippen molar-refractivity contribution in [3.8, 4) is 0 Å². The van der Waals surface area contributed by atoms with E-state index in [0.29, 0.717) is 6.54 Å². The largest absolute Gasteiger partial charge is 0.315 e. The summed E-state index contributed by atoms with van der Waals surface area (Å²) in [4.78, 5) is 0. The smallest absolute Gasteiger partial charge is 0.208 e. The van der Waals surface area contributed by atoms with Crippen LogP contribution in [0.4, 0.5) is 0 Å². The Morgan fingerprint density at radius 3 is 2.46 bits per heavy atom. The van der Waals surface area contributed by atoms with Gasteiger partial charge in [-0.25, -0.2) is 13.1 Å². The molecule has 0 aromatic heterocycles. The van der Waals surface area contributed by atoms with Crippen molar-refractivity contribution in [1.29, 1.82) is 0 Å². The topological polar surface area (TPSA) is 58.2 Å². The van der Waals surface area contributed by atoms with Gasteiger partial charge in [-0.1, -0.05) is 12.8 Å². The minimum Gasteiger partial charge on any atom is -0.315 e. The number of nitrogens with one attached hydrogen (secondary N) is 2. The van der Waals surface area contributed by atoms with E-state index in [-0.39, 0.29) is 0 Å². The van der Waals surface area contributed by atoms with Gasteiger partial charge in [0.05, 0.1) is 6.26 Å². The minimum absolute atomic E-state index is 0.490. The van der Waals surface area contributed by atoms with Crippen LogP contribution >= 0.6 is 0 Å². The average molecular weight is 206 g/mol. The van der Waals surface area contributed by atoms with Crippen LogP contribution in [0.15, 0.2) is 0 Å². The monoisotopic (exact) mass is 206 g/mol. The van der Waals surface area contributed by atoms with Gasteiger partial charge in [-0.3, -0.25) is 0 Å². The van der Waals surface area contributed by atoms with E-state index in [2.05, 4.69) is 10.0 Å². The molecule has 1 saturated carbocycles. The predicted octanol–water partition coefficient (Wildman–Crippen LogP) is -0.0747. The van der Waals surface area contributed by atoms with E-state index in [0.717, 1.165) is 19.0 Å². The third kappa shape index (κ3) is 6.98. The van der Waals surface area contributed by atoms with E-state index in [1.54, 1.807) is 0 Å². The standard InChI is InChI=1S/C8H18N2O2S/c1-13(11,12)10-7-6-9-5-4-8-2-3-8/h8-10H,2-7H2,1H3. The molecule has 5 heteroatoms. The predicted molar refractivity (Wildman–Crippen MR) is 53.1 cm³/mol. The molecule has 78 valence electrons. The second-order valence-corrected chi connectivity index (χ2v) is 5.48. The maximum Gasteiger partial charge on any atom is 0.208 e. The molecular weight excluding hydrogens is 188 g/mol. The number of sulfonamides is 1. The molecule has 0 aliphatic heterocycles. The molecule has 0 atom stereocenters. The van der Waals surface area contributed by atoms with Crippen molar-refractivity contribution >= 4 is 10.0 Å². The average Bonchev–Trinajstić information content (AvgIpc) is 2.77. The van der Waals surface area contributed by atoms with Crippen LogP contribution in [0.5, 0.6) is 0 Å². The molecular formula is C8H18N2O2S. The summed E-state index contributed by atoms with van der Waals surface area (Å²) in [5, 5.41) is 3.20. The molecule has 13 heavy (non-hydrogen) atoms. The van der Waals surface area contributed by atoms with Crippen molar-refractivity contribution in [2.24, 2.45) is 5.92 Å². The van der Waals surface area contributed by atoms with Gasteiger partial charge in [0.2, 0.25) is 10.0 Å². The molecule has 0 bridgehead atoms. The summed E-state index contributed by atoms with van der Waals surface area (Å²) in [6, 6.07) is 0. The van der Waals surface area contributed by atoms with E-state index in [1.807, 2.05) is 0 Å². The second-order valence-electron chi connectivity index (χ2n) is 3.65. The Balaban J connectivity index is 1.83. The summed E-state index contributed by atoms with van der Waals surface area (Å²) in [7, 11) is -3.01. The van der Waals surface area contributed by atoms with Gasteiger partial charge in [-0.15, -0.1) is 0 Å². The Hall–Kier alpha value is -0.130. The number of rotatable bonds is 7. The molecule has 2 N–H and O–H groups in total.